The summed E-state index contributed by atoms with van der Waals surface area (Å²) >= 11 is 17.4. The third-order valence-corrected chi connectivity index (χ3v) is 3.35. The van der Waals surface area contributed by atoms with Crippen LogP contribution >= 0.6 is 34.8 Å². The van der Waals surface area contributed by atoms with Gasteiger partial charge in [0, 0.05) is 18.8 Å². The van der Waals surface area contributed by atoms with E-state index in [1.54, 1.807) is 4.90 Å². The van der Waals surface area contributed by atoms with Crippen molar-refractivity contribution in [1.82, 2.24) is 5.32 Å². The fourth-order valence-electron chi connectivity index (χ4n) is 1.78. The third kappa shape index (κ3) is 1.98. The van der Waals surface area contributed by atoms with Crippen molar-refractivity contribution in [1.29, 1.82) is 0 Å². The summed E-state index contributed by atoms with van der Waals surface area (Å²) in [5, 5.41) is 13.2. The first-order valence-corrected chi connectivity index (χ1v) is 5.95. The smallest absolute Gasteiger partial charge is 0.252 e. The van der Waals surface area contributed by atoms with Gasteiger partial charge in [0.15, 0.2) is 0 Å². The molecule has 1 atom stereocenters. The molecule has 0 radical (unpaired) electrons. The minimum atomic E-state index is -1.82. The second-order valence-electron chi connectivity index (χ2n) is 3.58. The molecule has 2 N–H and O–H groups in total. The molecular formula is C10H11Cl3N2O. The van der Waals surface area contributed by atoms with Gasteiger partial charge in [0.1, 0.15) is 0 Å². The summed E-state index contributed by atoms with van der Waals surface area (Å²) in [6, 6.07) is 9.34. The summed E-state index contributed by atoms with van der Waals surface area (Å²) in [4.78, 5) is 1.64. The van der Waals surface area contributed by atoms with Gasteiger partial charge in [-0.25, -0.2) is 0 Å². The van der Waals surface area contributed by atoms with Crippen LogP contribution in [0.15, 0.2) is 30.3 Å². The molecule has 16 heavy (non-hydrogen) atoms. The number of para-hydroxylation sites is 1. The molecule has 0 bridgehead atoms. The summed E-state index contributed by atoms with van der Waals surface area (Å²) in [6.45, 7) is 1.13. The van der Waals surface area contributed by atoms with Gasteiger partial charge >= 0.3 is 0 Å². The maximum atomic E-state index is 10.4. The van der Waals surface area contributed by atoms with E-state index in [1.807, 2.05) is 30.3 Å². The SMILES string of the molecule is OC1(C(Cl)(Cl)Cl)NCCN1c1ccccc1. The van der Waals surface area contributed by atoms with Crippen LogP contribution in [0.4, 0.5) is 5.69 Å². The third-order valence-electron chi connectivity index (χ3n) is 2.56. The molecule has 0 aromatic heterocycles. The van der Waals surface area contributed by atoms with E-state index in [1.165, 1.54) is 0 Å². The lowest BCUT2D eigenvalue weighted by molar-refractivity contribution is 0.0321. The number of hydrogen-bond acceptors (Lipinski definition) is 3. The number of hydrogen-bond donors (Lipinski definition) is 2. The predicted molar refractivity (Wildman–Crippen MR) is 67.0 cm³/mol. The Hall–Kier alpha value is -0.190. The van der Waals surface area contributed by atoms with Crippen LogP contribution in [0.25, 0.3) is 0 Å². The molecule has 1 fully saturated rings. The Morgan fingerprint density at radius 3 is 2.44 bits per heavy atom. The number of anilines is 1. The Kier molecular flexibility index (Phi) is 3.25. The van der Waals surface area contributed by atoms with E-state index < -0.39 is 9.64 Å². The van der Waals surface area contributed by atoms with E-state index in [9.17, 15) is 5.11 Å². The van der Waals surface area contributed by atoms with Crippen LogP contribution in [0.5, 0.6) is 0 Å². The number of halogens is 3. The fourth-order valence-corrected chi connectivity index (χ4v) is 2.28. The van der Waals surface area contributed by atoms with E-state index >= 15 is 0 Å². The van der Waals surface area contributed by atoms with Crippen molar-refractivity contribution >= 4 is 40.5 Å². The number of nitrogens with zero attached hydrogens (tertiary/aromatic N) is 1. The quantitative estimate of drug-likeness (QED) is 0.774. The lowest BCUT2D eigenvalue weighted by Gasteiger charge is -2.39. The number of alkyl halides is 3. The normalized spacial score (nSPS) is 26.1. The summed E-state index contributed by atoms with van der Waals surface area (Å²) in [5.74, 6) is -1.67. The Balaban J connectivity index is 2.35. The Morgan fingerprint density at radius 1 is 1.25 bits per heavy atom. The summed E-state index contributed by atoms with van der Waals surface area (Å²) in [6.07, 6.45) is 0. The molecule has 88 valence electrons. The summed E-state index contributed by atoms with van der Waals surface area (Å²) < 4.78 is -1.82. The molecule has 1 aliphatic rings. The number of rotatable bonds is 1. The highest BCUT2D eigenvalue weighted by molar-refractivity contribution is 6.68. The monoisotopic (exact) mass is 280 g/mol. The zero-order valence-corrected chi connectivity index (χ0v) is 10.6. The molecule has 1 saturated heterocycles. The van der Waals surface area contributed by atoms with Crippen LogP contribution in [0.3, 0.4) is 0 Å². The first-order chi connectivity index (χ1) is 7.45. The minimum Gasteiger partial charge on any atom is -0.355 e. The van der Waals surface area contributed by atoms with Crippen molar-refractivity contribution in [2.75, 3.05) is 18.0 Å². The molecule has 1 unspecified atom stereocenters. The minimum absolute atomic E-state index is 0.555. The summed E-state index contributed by atoms with van der Waals surface area (Å²) in [7, 11) is 0. The first kappa shape index (κ1) is 12.3. The van der Waals surface area contributed by atoms with Gasteiger partial charge in [-0.3, -0.25) is 5.32 Å². The lowest BCUT2D eigenvalue weighted by atomic mass is 10.2. The van der Waals surface area contributed by atoms with Crippen molar-refractivity contribution in [2.24, 2.45) is 0 Å². The van der Waals surface area contributed by atoms with Crippen LogP contribution < -0.4 is 10.2 Å². The van der Waals surface area contributed by atoms with E-state index in [0.717, 1.165) is 5.69 Å². The number of aliphatic hydroxyl groups is 1. The van der Waals surface area contributed by atoms with E-state index in [0.29, 0.717) is 13.1 Å². The molecule has 0 saturated carbocycles. The second-order valence-corrected chi connectivity index (χ2v) is 5.87. The van der Waals surface area contributed by atoms with Gasteiger partial charge in [0.25, 0.3) is 3.79 Å². The molecule has 1 aromatic rings. The number of nitrogens with one attached hydrogen (secondary N) is 1. The van der Waals surface area contributed by atoms with E-state index in [-0.39, 0.29) is 0 Å². The first-order valence-electron chi connectivity index (χ1n) is 4.82. The van der Waals surface area contributed by atoms with Crippen LogP contribution in [0, 0.1) is 0 Å². The number of benzene rings is 1. The molecule has 1 aromatic carbocycles. The van der Waals surface area contributed by atoms with Gasteiger partial charge in [-0.1, -0.05) is 53.0 Å². The molecule has 1 aliphatic heterocycles. The van der Waals surface area contributed by atoms with Gasteiger partial charge in [0.2, 0.25) is 5.85 Å². The average molecular weight is 282 g/mol. The van der Waals surface area contributed by atoms with Crippen molar-refractivity contribution < 1.29 is 5.11 Å². The predicted octanol–water partition coefficient (Wildman–Crippen LogP) is 2.11. The van der Waals surface area contributed by atoms with Crippen LogP contribution in [-0.2, 0) is 0 Å². The van der Waals surface area contributed by atoms with E-state index in [4.69, 9.17) is 34.8 Å². The molecule has 0 aliphatic carbocycles. The Morgan fingerprint density at radius 2 is 1.88 bits per heavy atom. The highest BCUT2D eigenvalue weighted by Gasteiger charge is 2.54. The maximum absolute atomic E-state index is 10.4. The molecule has 1 heterocycles. The van der Waals surface area contributed by atoms with Crippen molar-refractivity contribution in [3.8, 4) is 0 Å². The van der Waals surface area contributed by atoms with Crippen LogP contribution in [0.2, 0.25) is 0 Å². The zero-order chi connectivity index (χ0) is 11.8. The zero-order valence-electron chi connectivity index (χ0n) is 8.33. The van der Waals surface area contributed by atoms with Gasteiger partial charge in [-0.2, -0.15) is 0 Å². The molecular weight excluding hydrogens is 270 g/mol. The van der Waals surface area contributed by atoms with Crippen LogP contribution in [-0.4, -0.2) is 27.8 Å². The van der Waals surface area contributed by atoms with Gasteiger partial charge < -0.3 is 10.0 Å². The molecule has 0 spiro atoms. The fraction of sp³-hybridized carbons (Fsp3) is 0.400. The highest BCUT2D eigenvalue weighted by Crippen LogP contribution is 2.42. The van der Waals surface area contributed by atoms with Crippen molar-refractivity contribution in [3.63, 3.8) is 0 Å². The summed E-state index contributed by atoms with van der Waals surface area (Å²) in [5.41, 5.74) is 0.807. The molecule has 0 amide bonds. The maximum Gasteiger partial charge on any atom is 0.252 e. The second kappa shape index (κ2) is 4.24. The largest absolute Gasteiger partial charge is 0.355 e. The van der Waals surface area contributed by atoms with Gasteiger partial charge in [0.05, 0.1) is 0 Å². The van der Waals surface area contributed by atoms with Crippen molar-refractivity contribution in [2.45, 2.75) is 9.64 Å². The highest BCUT2D eigenvalue weighted by atomic mass is 35.6. The average Bonchev–Trinajstić information content (AvgIpc) is 2.62. The lowest BCUT2D eigenvalue weighted by Crippen LogP contribution is -2.61. The Bertz CT molecular complexity index is 368. The van der Waals surface area contributed by atoms with Gasteiger partial charge in [-0.15, -0.1) is 0 Å². The molecule has 2 rings (SSSR count). The Labute approximate surface area is 109 Å². The van der Waals surface area contributed by atoms with E-state index in [2.05, 4.69) is 5.32 Å². The molecule has 3 nitrogen and oxygen atoms in total. The van der Waals surface area contributed by atoms with Gasteiger partial charge in [-0.05, 0) is 12.1 Å². The molecule has 6 heteroatoms. The topological polar surface area (TPSA) is 35.5 Å². The van der Waals surface area contributed by atoms with Crippen molar-refractivity contribution in [3.05, 3.63) is 30.3 Å². The van der Waals surface area contributed by atoms with Crippen LogP contribution in [0.1, 0.15) is 0 Å². The standard InChI is InChI=1S/C10H11Cl3N2O/c11-9(12,13)10(16)14-6-7-15(10)8-4-2-1-3-5-8/h1-5,14,16H,6-7H2.